The van der Waals surface area contributed by atoms with E-state index in [2.05, 4.69) is 107 Å². The Balaban J connectivity index is 0.000000148. The number of benzene rings is 10. The first-order valence-corrected chi connectivity index (χ1v) is 44.5. The Morgan fingerprint density at radius 1 is 0.550 bits per heavy atom. The van der Waals surface area contributed by atoms with Gasteiger partial charge in [-0.1, -0.05) is 220 Å². The zero-order valence-corrected chi connectivity index (χ0v) is 74.9. The number of halogens is 6. The minimum absolute atomic E-state index is 0.0218. The molecule has 4 aliphatic rings. The largest absolute Gasteiger partial charge is 0.445 e. The highest BCUT2D eigenvalue weighted by Crippen LogP contribution is 2.39. The normalized spacial score (nSPS) is 18.0. The Labute approximate surface area is 754 Å². The topological polar surface area (TPSA) is 171 Å². The summed E-state index contributed by atoms with van der Waals surface area (Å²) in [6, 6.07) is 80.8. The molecule has 0 radical (unpaired) electrons. The molecule has 24 heteroatoms. The van der Waals surface area contributed by atoms with E-state index in [0.717, 1.165) is 140 Å². The number of piperazine rings is 1. The number of rotatable bonds is 24. The number of alkyl halides is 3. The summed E-state index contributed by atoms with van der Waals surface area (Å²) in [7, 11) is 10.0. The van der Waals surface area contributed by atoms with Gasteiger partial charge in [0, 0.05) is 150 Å². The summed E-state index contributed by atoms with van der Waals surface area (Å²) in [4.78, 5) is 77.3. The van der Waals surface area contributed by atoms with Gasteiger partial charge in [0.1, 0.15) is 40.9 Å². The Hall–Kier alpha value is -12.3. The van der Waals surface area contributed by atoms with E-state index in [1.165, 1.54) is 24.0 Å². The molecule has 4 aliphatic heterocycles. The third kappa shape index (κ3) is 24.4. The number of piperidine rings is 1. The van der Waals surface area contributed by atoms with E-state index in [9.17, 15) is 45.5 Å². The summed E-state index contributed by atoms with van der Waals surface area (Å²) in [5, 5.41) is 9.84. The van der Waals surface area contributed by atoms with E-state index in [1.807, 2.05) is 204 Å². The Morgan fingerprint density at radius 3 is 1.60 bits per heavy atom. The lowest BCUT2D eigenvalue weighted by Crippen LogP contribution is -2.53. The molecule has 4 saturated heterocycles. The first kappa shape index (κ1) is 94.3. The number of oxazole rings is 1. The van der Waals surface area contributed by atoms with Gasteiger partial charge in [0.25, 0.3) is 11.8 Å². The van der Waals surface area contributed by atoms with E-state index in [1.54, 1.807) is 54.4 Å². The summed E-state index contributed by atoms with van der Waals surface area (Å²) in [6.45, 7) is 18.1. The third-order valence-corrected chi connectivity index (χ3v) is 25.2. The molecule has 4 fully saturated rings. The number of amides is 5. The molecule has 0 saturated carbocycles. The number of likely N-dealkylation sites (N-methyl/N-ethyl adjacent to an activating group) is 3. The molecule has 2 aromatic heterocycles. The second kappa shape index (κ2) is 44.6. The zero-order valence-electron chi connectivity index (χ0n) is 74.9. The minimum Gasteiger partial charge on any atom is -0.445 e. The molecular formula is C105H117F6N13O5. The fraction of sp³-hybridized carbons (Fsp3) is 0.333. The van der Waals surface area contributed by atoms with E-state index in [4.69, 9.17) is 9.40 Å². The highest BCUT2D eigenvalue weighted by Gasteiger charge is 2.43. The second-order valence-electron chi connectivity index (χ2n) is 34.2. The number of carbonyl (C=O) groups is 4. The van der Waals surface area contributed by atoms with Crippen molar-refractivity contribution in [2.75, 3.05) is 107 Å². The summed E-state index contributed by atoms with van der Waals surface area (Å²) in [6.07, 6.45) is 0.737. The van der Waals surface area contributed by atoms with Crippen LogP contribution in [0.1, 0.15) is 139 Å². The van der Waals surface area contributed by atoms with Gasteiger partial charge in [-0.05, 0) is 173 Å². The first-order chi connectivity index (χ1) is 62.3. The average Bonchev–Trinajstić information content (AvgIpc) is 1.62. The van der Waals surface area contributed by atoms with Crippen LogP contribution in [0.25, 0.3) is 34.1 Å². The van der Waals surface area contributed by atoms with Gasteiger partial charge in [0.2, 0.25) is 11.8 Å². The van der Waals surface area contributed by atoms with Crippen molar-refractivity contribution < 1.29 is 49.9 Å². The van der Waals surface area contributed by atoms with Gasteiger partial charge in [0.15, 0.2) is 0 Å². The van der Waals surface area contributed by atoms with Crippen LogP contribution >= 0.6 is 0 Å². The SMILES string of the molecule is CC[C@H](NC(=O)C1CCNCC1c1ccc(F)cc1C)c1ccccc1.CC[C@H](NC(=O)c1c(-c2ccccc2)nc(-c2ccccc2)n1C)c1ccccc1.CN(Cc1ccc(C(F)(F)F)c(F)c1)[C@H]1CN(C(=O)c2ccc(-c3ncco3)cc2)C[C@@H]1c1ccccc1.Cc1ccc(CN(C)[C@H]2CN(C(=O)N3CCN(CCN(C)C)CC3)C[C@@H]2c2ccccc2)cc1F. The quantitative estimate of drug-likeness (QED) is 0.0490. The number of carbonyl (C=O) groups excluding carboxylic acids is 4. The maximum atomic E-state index is 14.2. The van der Waals surface area contributed by atoms with Crippen molar-refractivity contribution in [3.05, 3.63) is 358 Å². The molecular weight excluding hydrogens is 1640 g/mol. The lowest BCUT2D eigenvalue weighted by Gasteiger charge is -2.37. The smallest absolute Gasteiger partial charge is 0.419 e. The standard InChI is InChI=1S/C29H25F4N3O2.C28H40FN5O.C26H25N3O.C22H27FN2O/c1-35(16-19-7-12-24(25(30)15-19)29(31,32)33)26-18-36(17-23(26)20-5-3-2-4-6-20)28(37)22-10-8-21(9-11-22)27-34-13-14-38-27;1-22-10-11-23(18-26(22)29)19-31(4)27-21-34(20-25(27)24-8-6-5-7-9-24)28(35)33-16-14-32(15-17-33)13-12-30(2)3;1-3-22(19-13-7-4-8-14-19)27-26(30)24-23(20-15-9-5-10-16-20)28-25(29(24)2)21-17-11-6-12-18-21;1-3-21(16-7-5-4-6-8-16)25-22(26)19-11-12-24-14-20(19)18-10-9-17(23)13-15(18)2/h2-15,23,26H,16-18H2,1H3;5-11,18,25,27H,12-17,19-21H2,1-4H3;4-18,22H,3H2,1-2H3,(H,27,30);4-10,13,19-21,24H,3,11-12,14H2,1-2H3,(H,25,26)/t23-,26+;25-,27+;22-;19?,20?,21-/m1100/s1. The monoisotopic (exact) mass is 1750 g/mol. The van der Waals surface area contributed by atoms with Gasteiger partial charge >= 0.3 is 12.2 Å². The average molecular weight is 1760 g/mol. The van der Waals surface area contributed by atoms with Gasteiger partial charge in [-0.25, -0.2) is 27.9 Å². The summed E-state index contributed by atoms with van der Waals surface area (Å²) < 4.78 is 88.0. The summed E-state index contributed by atoms with van der Waals surface area (Å²) in [5.41, 5.74) is 11.7. The first-order valence-electron chi connectivity index (χ1n) is 44.5. The number of urea groups is 1. The van der Waals surface area contributed by atoms with Crippen LogP contribution in [0.4, 0.5) is 31.1 Å². The number of nitrogens with one attached hydrogen (secondary N) is 3. The van der Waals surface area contributed by atoms with Crippen LogP contribution in [0, 0.1) is 37.2 Å². The van der Waals surface area contributed by atoms with Gasteiger partial charge in [-0.2, -0.15) is 13.2 Å². The lowest BCUT2D eigenvalue weighted by atomic mass is 9.79. The molecule has 2 unspecified atom stereocenters. The van der Waals surface area contributed by atoms with Crippen molar-refractivity contribution in [3.63, 3.8) is 0 Å². The van der Waals surface area contributed by atoms with Crippen molar-refractivity contribution in [2.45, 2.75) is 108 Å². The number of nitrogens with zero attached hydrogens (tertiary/aromatic N) is 10. The fourth-order valence-electron chi connectivity index (χ4n) is 18.0. The number of aryl methyl sites for hydroxylation is 2. The molecule has 674 valence electrons. The van der Waals surface area contributed by atoms with Gasteiger partial charge in [-0.3, -0.25) is 29.1 Å². The lowest BCUT2D eigenvalue weighted by molar-refractivity contribution is -0.140. The van der Waals surface area contributed by atoms with Crippen LogP contribution < -0.4 is 16.0 Å². The minimum atomic E-state index is -4.74. The van der Waals surface area contributed by atoms with Crippen molar-refractivity contribution in [1.29, 1.82) is 0 Å². The molecule has 0 spiro atoms. The van der Waals surface area contributed by atoms with Crippen molar-refractivity contribution >= 4 is 23.8 Å². The van der Waals surface area contributed by atoms with Crippen LogP contribution in [0.15, 0.2) is 278 Å². The molecule has 8 atom stereocenters. The van der Waals surface area contributed by atoms with E-state index >= 15 is 0 Å². The Morgan fingerprint density at radius 2 is 1.08 bits per heavy atom. The predicted molar refractivity (Wildman–Crippen MR) is 496 cm³/mol. The maximum absolute atomic E-state index is 14.2. The van der Waals surface area contributed by atoms with E-state index in [0.29, 0.717) is 66.7 Å². The number of aromatic nitrogens is 3. The van der Waals surface area contributed by atoms with Crippen LogP contribution in [-0.4, -0.2) is 191 Å². The van der Waals surface area contributed by atoms with Crippen LogP contribution in [0.2, 0.25) is 0 Å². The molecule has 18 nitrogen and oxygen atoms in total. The summed E-state index contributed by atoms with van der Waals surface area (Å²) >= 11 is 0. The Bertz CT molecular complexity index is 5600. The molecule has 6 heterocycles. The maximum Gasteiger partial charge on any atom is 0.419 e. The van der Waals surface area contributed by atoms with Crippen LogP contribution in [0.3, 0.4) is 0 Å². The summed E-state index contributed by atoms with van der Waals surface area (Å²) in [5.74, 6) is -0.440. The molecule has 3 N–H and O–H groups in total. The van der Waals surface area contributed by atoms with Gasteiger partial charge in [-0.15, -0.1) is 0 Å². The number of likely N-dealkylation sites (tertiary alicyclic amines) is 2. The molecule has 10 aromatic carbocycles. The van der Waals surface area contributed by atoms with Crippen molar-refractivity contribution in [3.8, 4) is 34.1 Å². The van der Waals surface area contributed by atoms with Crippen molar-refractivity contribution in [2.24, 2.45) is 13.0 Å². The molecule has 0 bridgehead atoms. The van der Waals surface area contributed by atoms with Crippen LogP contribution in [0.5, 0.6) is 0 Å². The molecule has 129 heavy (non-hydrogen) atoms. The Kier molecular flexibility index (Phi) is 32.6. The second-order valence-corrected chi connectivity index (χ2v) is 34.2. The third-order valence-electron chi connectivity index (χ3n) is 25.2. The number of imidazole rings is 1. The highest BCUT2D eigenvalue weighted by atomic mass is 19.4. The fourth-order valence-corrected chi connectivity index (χ4v) is 18.0. The molecule has 0 aliphatic carbocycles. The highest BCUT2D eigenvalue weighted by molar-refractivity contribution is 6.00. The zero-order chi connectivity index (χ0) is 91.3. The van der Waals surface area contributed by atoms with Crippen LogP contribution in [-0.2, 0) is 31.1 Å². The van der Waals surface area contributed by atoms with Gasteiger partial charge < -0.3 is 44.5 Å². The predicted octanol–water partition coefficient (Wildman–Crippen LogP) is 19.3. The van der Waals surface area contributed by atoms with E-state index < -0.39 is 17.6 Å². The van der Waals surface area contributed by atoms with E-state index in [-0.39, 0.29) is 89.8 Å². The number of hydrogen-bond donors (Lipinski definition) is 3. The molecule has 12 aromatic rings. The molecule has 16 rings (SSSR count). The van der Waals surface area contributed by atoms with Gasteiger partial charge in [0.05, 0.1) is 23.8 Å². The molecule has 5 amide bonds. The van der Waals surface area contributed by atoms with Crippen molar-refractivity contribution in [1.82, 2.24) is 64.8 Å². The number of hydrogen-bond acceptors (Lipinski definition) is 12.